The molecule has 0 atom stereocenters. The lowest BCUT2D eigenvalue weighted by Crippen LogP contribution is -2.26. The number of sulfonamides is 1. The third-order valence-corrected chi connectivity index (χ3v) is 5.93. The molecule has 0 amide bonds. The third-order valence-electron chi connectivity index (χ3n) is 3.41. The van der Waals surface area contributed by atoms with Crippen LogP contribution in [0.1, 0.15) is 11.1 Å². The monoisotopic (exact) mass is 366 g/mol. The van der Waals surface area contributed by atoms with Gasteiger partial charge >= 0.3 is 0 Å². The molecule has 0 bridgehead atoms. The van der Waals surface area contributed by atoms with E-state index in [1.54, 1.807) is 11.8 Å². The zero-order valence-electron chi connectivity index (χ0n) is 13.1. The fourth-order valence-corrected chi connectivity index (χ4v) is 4.38. The van der Waals surface area contributed by atoms with E-state index >= 15 is 0 Å². The number of thioether (sulfide) groups is 1. The SMILES string of the molecule is Cc1ccccc1CSCCNS(=O)(=O)c1ccccc1[N+](=O)[O-]. The Labute approximate surface area is 145 Å². The van der Waals surface area contributed by atoms with Crippen LogP contribution < -0.4 is 4.72 Å². The van der Waals surface area contributed by atoms with E-state index in [4.69, 9.17) is 0 Å². The predicted octanol–water partition coefficient (Wildman–Crippen LogP) is 3.11. The molecular weight excluding hydrogens is 348 g/mol. The topological polar surface area (TPSA) is 89.3 Å². The minimum absolute atomic E-state index is 0.213. The molecule has 24 heavy (non-hydrogen) atoms. The van der Waals surface area contributed by atoms with Crippen LogP contribution in [0.15, 0.2) is 53.4 Å². The van der Waals surface area contributed by atoms with E-state index in [1.165, 1.54) is 35.4 Å². The van der Waals surface area contributed by atoms with Crippen molar-refractivity contribution >= 4 is 27.5 Å². The zero-order valence-corrected chi connectivity index (χ0v) is 14.8. The van der Waals surface area contributed by atoms with Crippen LogP contribution in [0.2, 0.25) is 0 Å². The van der Waals surface area contributed by atoms with Gasteiger partial charge in [-0.05, 0) is 24.1 Å². The molecule has 0 unspecified atom stereocenters. The Balaban J connectivity index is 1.90. The minimum atomic E-state index is -3.89. The van der Waals surface area contributed by atoms with Gasteiger partial charge < -0.3 is 0 Å². The van der Waals surface area contributed by atoms with Crippen LogP contribution in [0.25, 0.3) is 0 Å². The average molecular weight is 366 g/mol. The minimum Gasteiger partial charge on any atom is -0.258 e. The van der Waals surface area contributed by atoms with E-state index in [2.05, 4.69) is 4.72 Å². The number of nitrogens with one attached hydrogen (secondary N) is 1. The molecule has 0 aliphatic rings. The lowest BCUT2D eigenvalue weighted by atomic mass is 10.1. The molecule has 2 rings (SSSR count). The summed E-state index contributed by atoms with van der Waals surface area (Å²) in [5.74, 6) is 1.37. The Morgan fingerprint density at radius 3 is 2.50 bits per heavy atom. The van der Waals surface area contributed by atoms with Crippen molar-refractivity contribution in [3.63, 3.8) is 0 Å². The van der Waals surface area contributed by atoms with Crippen molar-refractivity contribution in [2.75, 3.05) is 12.3 Å². The highest BCUT2D eigenvalue weighted by atomic mass is 32.2. The molecule has 0 heterocycles. The van der Waals surface area contributed by atoms with Gasteiger partial charge in [0.25, 0.3) is 5.69 Å². The van der Waals surface area contributed by atoms with Crippen LogP contribution in [0.4, 0.5) is 5.69 Å². The summed E-state index contributed by atoms with van der Waals surface area (Å²) in [4.78, 5) is 9.94. The number of benzene rings is 2. The van der Waals surface area contributed by atoms with Gasteiger partial charge in [0.15, 0.2) is 4.90 Å². The molecule has 0 spiro atoms. The lowest BCUT2D eigenvalue weighted by molar-refractivity contribution is -0.387. The maximum atomic E-state index is 12.2. The van der Waals surface area contributed by atoms with Crippen LogP contribution in [0.5, 0.6) is 0 Å². The van der Waals surface area contributed by atoms with Crippen molar-refractivity contribution in [2.45, 2.75) is 17.6 Å². The molecule has 0 aromatic heterocycles. The first kappa shape index (κ1) is 18.4. The lowest BCUT2D eigenvalue weighted by Gasteiger charge is -2.08. The average Bonchev–Trinajstić information content (AvgIpc) is 2.56. The number of aryl methyl sites for hydroxylation is 1. The first-order chi connectivity index (χ1) is 11.4. The maximum absolute atomic E-state index is 12.2. The maximum Gasteiger partial charge on any atom is 0.289 e. The number of nitrogens with zero attached hydrogens (tertiary/aromatic N) is 1. The smallest absolute Gasteiger partial charge is 0.258 e. The van der Waals surface area contributed by atoms with Crippen LogP contribution in [0, 0.1) is 17.0 Å². The van der Waals surface area contributed by atoms with Crippen molar-refractivity contribution in [3.05, 3.63) is 69.8 Å². The summed E-state index contributed by atoms with van der Waals surface area (Å²) in [5, 5.41) is 10.9. The fourth-order valence-electron chi connectivity index (χ4n) is 2.12. The van der Waals surface area contributed by atoms with Gasteiger partial charge in [0.2, 0.25) is 10.0 Å². The van der Waals surface area contributed by atoms with Crippen LogP contribution >= 0.6 is 11.8 Å². The second kappa shape index (κ2) is 8.27. The van der Waals surface area contributed by atoms with Crippen LogP contribution in [0.3, 0.4) is 0 Å². The molecular formula is C16H18N2O4S2. The van der Waals surface area contributed by atoms with Crippen LogP contribution in [-0.4, -0.2) is 25.6 Å². The van der Waals surface area contributed by atoms with E-state index in [0.29, 0.717) is 5.75 Å². The zero-order chi connectivity index (χ0) is 17.6. The Bertz CT molecular complexity index is 822. The summed E-state index contributed by atoms with van der Waals surface area (Å²) in [5.41, 5.74) is 1.99. The molecule has 0 radical (unpaired) electrons. The standard InChI is InChI=1S/C16H18N2O4S2/c1-13-6-2-3-7-14(13)12-23-11-10-17-24(21,22)16-9-5-4-8-15(16)18(19)20/h2-9,17H,10-12H2,1H3. The normalized spacial score (nSPS) is 11.4. The Morgan fingerprint density at radius 2 is 1.79 bits per heavy atom. The first-order valence-electron chi connectivity index (χ1n) is 7.27. The number of nitro groups is 1. The molecule has 2 aromatic rings. The van der Waals surface area contributed by atoms with Crippen LogP contribution in [-0.2, 0) is 15.8 Å². The highest BCUT2D eigenvalue weighted by Gasteiger charge is 2.24. The van der Waals surface area contributed by atoms with E-state index in [0.717, 1.165) is 5.75 Å². The summed E-state index contributed by atoms with van der Waals surface area (Å²) in [6.07, 6.45) is 0. The van der Waals surface area contributed by atoms with Gasteiger partial charge in [-0.1, -0.05) is 36.4 Å². The summed E-state index contributed by atoms with van der Waals surface area (Å²) < 4.78 is 26.9. The molecule has 0 fully saturated rings. The van der Waals surface area contributed by atoms with E-state index in [-0.39, 0.29) is 11.4 Å². The van der Waals surface area contributed by atoms with E-state index < -0.39 is 20.6 Å². The number of para-hydroxylation sites is 1. The van der Waals surface area contributed by atoms with Gasteiger partial charge in [0.05, 0.1) is 4.92 Å². The Morgan fingerprint density at radius 1 is 1.12 bits per heavy atom. The van der Waals surface area contributed by atoms with Gasteiger partial charge in [-0.15, -0.1) is 0 Å². The fraction of sp³-hybridized carbons (Fsp3) is 0.250. The van der Waals surface area contributed by atoms with Gasteiger partial charge in [-0.25, -0.2) is 13.1 Å². The molecule has 0 aliphatic carbocycles. The third kappa shape index (κ3) is 4.80. The number of hydrogen-bond donors (Lipinski definition) is 1. The quantitative estimate of drug-likeness (QED) is 0.440. The van der Waals surface area contributed by atoms with Crippen molar-refractivity contribution in [1.29, 1.82) is 0 Å². The summed E-state index contributed by atoms with van der Waals surface area (Å²) in [6, 6.07) is 13.4. The molecule has 0 saturated carbocycles. The van der Waals surface area contributed by atoms with Crippen molar-refractivity contribution in [2.24, 2.45) is 0 Å². The van der Waals surface area contributed by atoms with E-state index in [9.17, 15) is 18.5 Å². The Hall–Kier alpha value is -1.90. The van der Waals surface area contributed by atoms with Gasteiger partial charge in [0, 0.05) is 24.1 Å². The molecule has 1 N–H and O–H groups in total. The molecule has 0 saturated heterocycles. The van der Waals surface area contributed by atoms with Crippen molar-refractivity contribution in [3.8, 4) is 0 Å². The Kier molecular flexibility index (Phi) is 6.36. The summed E-state index contributed by atoms with van der Waals surface area (Å²) in [6.45, 7) is 2.25. The number of hydrogen-bond acceptors (Lipinski definition) is 5. The second-order valence-electron chi connectivity index (χ2n) is 5.10. The van der Waals surface area contributed by atoms with Gasteiger partial charge in [0.1, 0.15) is 0 Å². The van der Waals surface area contributed by atoms with E-state index in [1.807, 2.05) is 31.2 Å². The molecule has 8 heteroatoms. The second-order valence-corrected chi connectivity index (χ2v) is 7.94. The first-order valence-corrected chi connectivity index (χ1v) is 9.91. The highest BCUT2D eigenvalue weighted by molar-refractivity contribution is 7.98. The van der Waals surface area contributed by atoms with Gasteiger partial charge in [-0.3, -0.25) is 10.1 Å². The molecule has 2 aromatic carbocycles. The molecule has 0 aliphatic heterocycles. The summed E-state index contributed by atoms with van der Waals surface area (Å²) >= 11 is 1.61. The number of rotatable bonds is 8. The highest BCUT2D eigenvalue weighted by Crippen LogP contribution is 2.22. The molecule has 6 nitrogen and oxygen atoms in total. The molecule has 128 valence electrons. The predicted molar refractivity (Wildman–Crippen MR) is 95.6 cm³/mol. The number of nitro benzene ring substituents is 1. The van der Waals surface area contributed by atoms with Crippen molar-refractivity contribution < 1.29 is 13.3 Å². The largest absolute Gasteiger partial charge is 0.289 e. The van der Waals surface area contributed by atoms with Crippen molar-refractivity contribution in [1.82, 2.24) is 4.72 Å². The van der Waals surface area contributed by atoms with Gasteiger partial charge in [-0.2, -0.15) is 11.8 Å². The summed E-state index contributed by atoms with van der Waals surface area (Å²) in [7, 11) is -3.89.